The van der Waals surface area contributed by atoms with Gasteiger partial charge in [-0.15, -0.1) is 11.8 Å². The summed E-state index contributed by atoms with van der Waals surface area (Å²) >= 11 is 1.51. The number of rotatable bonds is 7. The average molecular weight is 306 g/mol. The largest absolute Gasteiger partial charge is 0.478 e. The molecule has 112 valence electrons. The molecule has 0 aliphatic heterocycles. The molecular weight excluding hydrogens is 288 g/mol. The molecule has 5 nitrogen and oxygen atoms in total. The molecule has 0 aliphatic rings. The lowest BCUT2D eigenvalue weighted by atomic mass is 10.2. The number of carboxylic acids is 1. The Morgan fingerprint density at radius 1 is 1.43 bits per heavy atom. The number of nitrogens with zero attached hydrogens (tertiary/aromatic N) is 1. The van der Waals surface area contributed by atoms with Gasteiger partial charge in [0.05, 0.1) is 24.0 Å². The van der Waals surface area contributed by atoms with E-state index in [1.54, 1.807) is 12.3 Å². The maximum absolute atomic E-state index is 11.5. The second-order valence-corrected chi connectivity index (χ2v) is 5.65. The lowest BCUT2D eigenvalue weighted by Gasteiger charge is -2.11. The second kappa shape index (κ2) is 7.17. The van der Waals surface area contributed by atoms with Crippen LogP contribution in [0.1, 0.15) is 35.9 Å². The topological polar surface area (TPSA) is 75.4 Å². The monoisotopic (exact) mass is 306 g/mol. The van der Waals surface area contributed by atoms with Gasteiger partial charge in [0.15, 0.2) is 0 Å². The Morgan fingerprint density at radius 2 is 2.24 bits per heavy atom. The van der Waals surface area contributed by atoms with Gasteiger partial charge >= 0.3 is 5.97 Å². The molecule has 2 N–H and O–H groups in total. The van der Waals surface area contributed by atoms with Gasteiger partial charge in [-0.05, 0) is 17.9 Å². The summed E-state index contributed by atoms with van der Waals surface area (Å²) in [5.41, 5.74) is 0.879. The van der Waals surface area contributed by atoms with Gasteiger partial charge in [-0.2, -0.15) is 0 Å². The Morgan fingerprint density at radius 3 is 2.86 bits per heavy atom. The molecule has 0 amide bonds. The number of aromatic carboxylic acids is 1. The first-order chi connectivity index (χ1) is 10.2. The molecule has 0 radical (unpaired) electrons. The highest BCUT2D eigenvalue weighted by atomic mass is 32.2. The molecule has 2 aromatic rings. The summed E-state index contributed by atoms with van der Waals surface area (Å²) in [6, 6.07) is 5.43. The van der Waals surface area contributed by atoms with Gasteiger partial charge in [0.2, 0.25) is 5.89 Å². The van der Waals surface area contributed by atoms with Crippen molar-refractivity contribution in [1.82, 2.24) is 4.98 Å². The number of aryl methyl sites for hydroxylation is 1. The summed E-state index contributed by atoms with van der Waals surface area (Å²) in [6.07, 6.45) is 2.48. The van der Waals surface area contributed by atoms with Crippen LogP contribution in [0.3, 0.4) is 0 Å². The van der Waals surface area contributed by atoms with E-state index in [4.69, 9.17) is 4.42 Å². The SMILES string of the molecule is CCSc1cccc(NCc2ncc(CC)o2)c1C(=O)O. The zero-order chi connectivity index (χ0) is 15.2. The number of nitrogens with one attached hydrogen (secondary N) is 1. The Bertz CT molecular complexity index is 625. The van der Waals surface area contributed by atoms with Gasteiger partial charge in [-0.3, -0.25) is 0 Å². The minimum atomic E-state index is -0.935. The zero-order valence-electron chi connectivity index (χ0n) is 12.0. The standard InChI is InChI=1S/C15H18N2O3S/c1-3-10-8-17-13(20-10)9-16-11-6-5-7-12(21-4-2)14(11)15(18)19/h5-8,16H,3-4,9H2,1-2H3,(H,18,19). The molecule has 1 heterocycles. The number of thioether (sulfide) groups is 1. The third-order valence-electron chi connectivity index (χ3n) is 2.92. The summed E-state index contributed by atoms with van der Waals surface area (Å²) < 4.78 is 5.51. The summed E-state index contributed by atoms with van der Waals surface area (Å²) in [5, 5.41) is 12.5. The van der Waals surface area contributed by atoms with Crippen LogP contribution in [-0.4, -0.2) is 21.8 Å². The lowest BCUT2D eigenvalue weighted by Crippen LogP contribution is -2.08. The van der Waals surface area contributed by atoms with E-state index in [1.807, 2.05) is 26.0 Å². The average Bonchev–Trinajstić information content (AvgIpc) is 2.93. The van der Waals surface area contributed by atoms with Crippen LogP contribution in [0, 0.1) is 0 Å². The third kappa shape index (κ3) is 3.78. The van der Waals surface area contributed by atoms with Crippen molar-refractivity contribution in [2.45, 2.75) is 31.7 Å². The van der Waals surface area contributed by atoms with E-state index < -0.39 is 5.97 Å². The van der Waals surface area contributed by atoms with E-state index in [-0.39, 0.29) is 0 Å². The first kappa shape index (κ1) is 15.4. The van der Waals surface area contributed by atoms with Crippen molar-refractivity contribution in [3.63, 3.8) is 0 Å². The molecule has 0 unspecified atom stereocenters. The highest BCUT2D eigenvalue weighted by Crippen LogP contribution is 2.28. The van der Waals surface area contributed by atoms with Crippen LogP contribution in [0.25, 0.3) is 0 Å². The number of carbonyl (C=O) groups is 1. The van der Waals surface area contributed by atoms with Crippen molar-refractivity contribution in [2.75, 3.05) is 11.1 Å². The van der Waals surface area contributed by atoms with E-state index in [0.29, 0.717) is 23.7 Å². The fourth-order valence-electron chi connectivity index (χ4n) is 1.94. The van der Waals surface area contributed by atoms with Gasteiger partial charge < -0.3 is 14.8 Å². The van der Waals surface area contributed by atoms with Crippen molar-refractivity contribution >= 4 is 23.4 Å². The maximum atomic E-state index is 11.5. The van der Waals surface area contributed by atoms with Gasteiger partial charge in [-0.25, -0.2) is 9.78 Å². The quantitative estimate of drug-likeness (QED) is 0.760. The summed E-state index contributed by atoms with van der Waals surface area (Å²) in [7, 11) is 0. The van der Waals surface area contributed by atoms with Gasteiger partial charge in [0.1, 0.15) is 5.76 Å². The molecule has 0 saturated carbocycles. The van der Waals surface area contributed by atoms with Gasteiger partial charge in [0.25, 0.3) is 0 Å². The minimum absolute atomic E-state index is 0.298. The molecule has 0 aliphatic carbocycles. The fraction of sp³-hybridized carbons (Fsp3) is 0.333. The van der Waals surface area contributed by atoms with E-state index in [2.05, 4.69) is 10.3 Å². The molecule has 1 aromatic carbocycles. The first-order valence-electron chi connectivity index (χ1n) is 6.82. The van der Waals surface area contributed by atoms with Crippen LogP contribution in [0.5, 0.6) is 0 Å². The van der Waals surface area contributed by atoms with Crippen LogP contribution in [0.4, 0.5) is 5.69 Å². The van der Waals surface area contributed by atoms with E-state index in [1.165, 1.54) is 11.8 Å². The number of benzene rings is 1. The number of anilines is 1. The van der Waals surface area contributed by atoms with Crippen LogP contribution >= 0.6 is 11.8 Å². The number of hydrogen-bond donors (Lipinski definition) is 2. The highest BCUT2D eigenvalue weighted by molar-refractivity contribution is 7.99. The van der Waals surface area contributed by atoms with Crippen LogP contribution in [0.15, 0.2) is 33.7 Å². The second-order valence-electron chi connectivity index (χ2n) is 4.34. The number of carboxylic acid groups (broad SMARTS) is 1. The van der Waals surface area contributed by atoms with Crippen LogP contribution < -0.4 is 5.32 Å². The molecule has 0 fully saturated rings. The van der Waals surface area contributed by atoms with Crippen molar-refractivity contribution in [1.29, 1.82) is 0 Å². The predicted molar refractivity (Wildman–Crippen MR) is 83.0 cm³/mol. The summed E-state index contributed by atoms with van der Waals surface area (Å²) in [4.78, 5) is 16.4. The number of oxazole rings is 1. The van der Waals surface area contributed by atoms with E-state index >= 15 is 0 Å². The van der Waals surface area contributed by atoms with Gasteiger partial charge in [0, 0.05) is 11.3 Å². The van der Waals surface area contributed by atoms with Crippen LogP contribution in [-0.2, 0) is 13.0 Å². The fourth-order valence-corrected chi connectivity index (χ4v) is 2.77. The third-order valence-corrected chi connectivity index (χ3v) is 3.86. The molecule has 0 spiro atoms. The molecule has 0 saturated heterocycles. The van der Waals surface area contributed by atoms with Crippen molar-refractivity contribution < 1.29 is 14.3 Å². The highest BCUT2D eigenvalue weighted by Gasteiger charge is 2.15. The molecule has 21 heavy (non-hydrogen) atoms. The lowest BCUT2D eigenvalue weighted by molar-refractivity contribution is 0.0694. The minimum Gasteiger partial charge on any atom is -0.478 e. The van der Waals surface area contributed by atoms with E-state index in [0.717, 1.165) is 22.8 Å². The summed E-state index contributed by atoms with van der Waals surface area (Å²) in [6.45, 7) is 4.35. The van der Waals surface area contributed by atoms with E-state index in [9.17, 15) is 9.90 Å². The predicted octanol–water partition coefficient (Wildman–Crippen LogP) is 3.66. The Balaban J connectivity index is 2.18. The molecule has 2 rings (SSSR count). The Labute approximate surface area is 127 Å². The normalized spacial score (nSPS) is 10.6. The Hall–Kier alpha value is -1.95. The number of hydrogen-bond acceptors (Lipinski definition) is 5. The molecule has 6 heteroatoms. The maximum Gasteiger partial charge on any atom is 0.338 e. The molecule has 0 bridgehead atoms. The summed E-state index contributed by atoms with van der Waals surface area (Å²) in [5.74, 6) is 1.26. The zero-order valence-corrected chi connectivity index (χ0v) is 12.9. The molecule has 0 atom stereocenters. The van der Waals surface area contributed by atoms with Gasteiger partial charge in [-0.1, -0.05) is 19.9 Å². The molecule has 1 aromatic heterocycles. The van der Waals surface area contributed by atoms with Crippen LogP contribution in [0.2, 0.25) is 0 Å². The Kier molecular flexibility index (Phi) is 5.27. The van der Waals surface area contributed by atoms with Crippen molar-refractivity contribution in [2.24, 2.45) is 0 Å². The number of aromatic nitrogens is 1. The van der Waals surface area contributed by atoms with Crippen molar-refractivity contribution in [3.8, 4) is 0 Å². The van der Waals surface area contributed by atoms with Crippen molar-refractivity contribution in [3.05, 3.63) is 41.6 Å². The smallest absolute Gasteiger partial charge is 0.338 e. The first-order valence-corrected chi connectivity index (χ1v) is 7.80. The molecular formula is C15H18N2O3S.